The third-order valence-corrected chi connectivity index (χ3v) is 7.42. The number of benzene rings is 5. The summed E-state index contributed by atoms with van der Waals surface area (Å²) in [6, 6.07) is 28.0. The van der Waals surface area contributed by atoms with Crippen LogP contribution in [0.25, 0.3) is 33.4 Å². The molecule has 0 heterocycles. The Hall–Kier alpha value is -4.96. The van der Waals surface area contributed by atoms with Crippen LogP contribution in [0.5, 0.6) is 5.75 Å². The standard InChI is InChI=1S/C37H28F5NO/c1-2-3-4-5-24-6-10-26(11-7-24)27-12-14-28(15-13-27)29-16-19-32(33(38)20-29)30-21-34(39)36(35(40)22-30)37(41,42)44-31-17-8-25(23-43)9-18-31/h6-22H,2-5H2,1H3. The Kier molecular flexibility index (Phi) is 9.10. The van der Waals surface area contributed by atoms with E-state index in [1.165, 1.54) is 49.1 Å². The van der Waals surface area contributed by atoms with Gasteiger partial charge in [-0.25, -0.2) is 13.2 Å². The van der Waals surface area contributed by atoms with Gasteiger partial charge in [-0.15, -0.1) is 0 Å². The fraction of sp³-hybridized carbons (Fsp3) is 0.162. The van der Waals surface area contributed by atoms with Gasteiger partial charge in [0.05, 0.1) is 11.6 Å². The van der Waals surface area contributed by atoms with Crippen molar-refractivity contribution in [1.29, 1.82) is 5.26 Å². The lowest BCUT2D eigenvalue weighted by Gasteiger charge is -2.20. The molecule has 0 saturated heterocycles. The SMILES string of the molecule is CCCCCc1ccc(-c2ccc(-c3ccc(-c4cc(F)c(C(F)(F)Oc5ccc(C#N)cc5)c(F)c4)c(F)c3)cc2)cc1. The van der Waals surface area contributed by atoms with Gasteiger partial charge in [-0.05, 0) is 88.7 Å². The van der Waals surface area contributed by atoms with Crippen molar-refractivity contribution in [3.05, 3.63) is 137 Å². The Morgan fingerprint density at radius 2 is 1.16 bits per heavy atom. The van der Waals surface area contributed by atoms with E-state index in [4.69, 9.17) is 5.26 Å². The molecule has 0 fully saturated rings. The lowest BCUT2D eigenvalue weighted by Crippen LogP contribution is -2.25. The molecule has 0 bridgehead atoms. The molecule has 44 heavy (non-hydrogen) atoms. The minimum atomic E-state index is -4.37. The largest absolute Gasteiger partial charge is 0.432 e. The minimum absolute atomic E-state index is 0.148. The van der Waals surface area contributed by atoms with Crippen LogP contribution >= 0.6 is 0 Å². The van der Waals surface area contributed by atoms with Gasteiger partial charge in [0.2, 0.25) is 0 Å². The van der Waals surface area contributed by atoms with E-state index in [1.807, 2.05) is 30.3 Å². The molecule has 0 aliphatic rings. The molecule has 5 aromatic carbocycles. The molecule has 0 atom stereocenters. The number of ether oxygens (including phenoxy) is 1. The Morgan fingerprint density at radius 1 is 0.636 bits per heavy atom. The van der Waals surface area contributed by atoms with Crippen molar-refractivity contribution < 1.29 is 26.7 Å². The summed E-state index contributed by atoms with van der Waals surface area (Å²) in [7, 11) is 0. The lowest BCUT2D eigenvalue weighted by molar-refractivity contribution is -0.189. The number of hydrogen-bond donors (Lipinski definition) is 0. The van der Waals surface area contributed by atoms with Gasteiger partial charge in [-0.3, -0.25) is 0 Å². The molecule has 0 aliphatic carbocycles. The van der Waals surface area contributed by atoms with Crippen molar-refractivity contribution in [3.8, 4) is 45.2 Å². The zero-order valence-corrected chi connectivity index (χ0v) is 23.9. The molecule has 5 rings (SSSR count). The summed E-state index contributed by atoms with van der Waals surface area (Å²) in [6.07, 6.45) is 0.245. The van der Waals surface area contributed by atoms with Gasteiger partial charge in [-0.1, -0.05) is 80.4 Å². The van der Waals surface area contributed by atoms with Crippen molar-refractivity contribution in [1.82, 2.24) is 0 Å². The summed E-state index contributed by atoms with van der Waals surface area (Å²) in [5.74, 6) is -4.34. The van der Waals surface area contributed by atoms with Crippen molar-refractivity contribution >= 4 is 0 Å². The molecule has 7 heteroatoms. The zero-order valence-electron chi connectivity index (χ0n) is 23.9. The maximum absolute atomic E-state index is 15.2. The quantitative estimate of drug-likeness (QED) is 0.119. The molecule has 2 nitrogen and oxygen atoms in total. The summed E-state index contributed by atoms with van der Waals surface area (Å²) in [5.41, 5.74) is 2.87. The minimum Gasteiger partial charge on any atom is -0.429 e. The van der Waals surface area contributed by atoms with E-state index in [0.29, 0.717) is 17.7 Å². The van der Waals surface area contributed by atoms with Crippen molar-refractivity contribution in [2.24, 2.45) is 0 Å². The molecule has 0 aliphatic heterocycles. The number of nitriles is 1. The maximum Gasteiger partial charge on any atom is 0.432 e. The predicted octanol–water partition coefficient (Wildman–Crippen LogP) is 10.8. The molecular formula is C37H28F5NO. The first-order valence-corrected chi connectivity index (χ1v) is 14.2. The van der Waals surface area contributed by atoms with Crippen LogP contribution in [-0.2, 0) is 12.5 Å². The Morgan fingerprint density at radius 3 is 1.70 bits per heavy atom. The molecule has 0 radical (unpaired) electrons. The van der Waals surface area contributed by atoms with E-state index in [1.54, 1.807) is 6.07 Å². The second-order valence-corrected chi connectivity index (χ2v) is 10.5. The van der Waals surface area contributed by atoms with Gasteiger partial charge in [-0.2, -0.15) is 14.0 Å². The second-order valence-electron chi connectivity index (χ2n) is 10.5. The normalized spacial score (nSPS) is 11.3. The monoisotopic (exact) mass is 597 g/mol. The number of hydrogen-bond acceptors (Lipinski definition) is 2. The van der Waals surface area contributed by atoms with Crippen LogP contribution in [0.4, 0.5) is 22.0 Å². The number of halogens is 5. The van der Waals surface area contributed by atoms with Crippen LogP contribution in [0, 0.1) is 28.8 Å². The summed E-state index contributed by atoms with van der Waals surface area (Å²) in [5, 5.41) is 8.84. The summed E-state index contributed by atoms with van der Waals surface area (Å²) >= 11 is 0. The smallest absolute Gasteiger partial charge is 0.429 e. The van der Waals surface area contributed by atoms with Crippen LogP contribution < -0.4 is 4.74 Å². The van der Waals surface area contributed by atoms with E-state index < -0.39 is 29.1 Å². The van der Waals surface area contributed by atoms with Gasteiger partial charge in [0, 0.05) is 5.56 Å². The predicted molar refractivity (Wildman–Crippen MR) is 162 cm³/mol. The van der Waals surface area contributed by atoms with Crippen LogP contribution in [-0.4, -0.2) is 0 Å². The zero-order chi connectivity index (χ0) is 31.3. The summed E-state index contributed by atoms with van der Waals surface area (Å²) in [6.45, 7) is 2.18. The lowest BCUT2D eigenvalue weighted by atomic mass is 9.96. The van der Waals surface area contributed by atoms with Crippen LogP contribution in [0.15, 0.2) is 103 Å². The Labute approximate surface area is 253 Å². The van der Waals surface area contributed by atoms with E-state index in [0.717, 1.165) is 35.2 Å². The number of nitrogens with zero attached hydrogens (tertiary/aromatic N) is 1. The highest BCUT2D eigenvalue weighted by atomic mass is 19.3. The molecular weight excluding hydrogens is 569 g/mol. The molecule has 0 saturated carbocycles. The third-order valence-electron chi connectivity index (χ3n) is 7.42. The third kappa shape index (κ3) is 6.81. The van der Waals surface area contributed by atoms with Crippen molar-refractivity contribution in [3.63, 3.8) is 0 Å². The van der Waals surface area contributed by atoms with Gasteiger partial charge < -0.3 is 4.74 Å². The summed E-state index contributed by atoms with van der Waals surface area (Å²) < 4.78 is 79.1. The van der Waals surface area contributed by atoms with E-state index in [-0.39, 0.29) is 22.4 Å². The molecule has 0 spiro atoms. The average molecular weight is 598 g/mol. The molecule has 222 valence electrons. The molecule has 0 amide bonds. The second kappa shape index (κ2) is 13.1. The molecule has 0 aromatic heterocycles. The highest BCUT2D eigenvalue weighted by Gasteiger charge is 2.41. The number of alkyl halides is 2. The van der Waals surface area contributed by atoms with Crippen LogP contribution in [0.2, 0.25) is 0 Å². The van der Waals surface area contributed by atoms with Crippen molar-refractivity contribution in [2.45, 2.75) is 38.7 Å². The maximum atomic E-state index is 15.2. The first-order valence-electron chi connectivity index (χ1n) is 14.2. The Bertz CT molecular complexity index is 1770. The van der Waals surface area contributed by atoms with E-state index in [2.05, 4.69) is 35.9 Å². The van der Waals surface area contributed by atoms with Crippen LogP contribution in [0.3, 0.4) is 0 Å². The van der Waals surface area contributed by atoms with Gasteiger partial charge >= 0.3 is 6.11 Å². The fourth-order valence-corrected chi connectivity index (χ4v) is 5.03. The molecule has 0 unspecified atom stereocenters. The summed E-state index contributed by atoms with van der Waals surface area (Å²) in [4.78, 5) is 0. The highest BCUT2D eigenvalue weighted by Crippen LogP contribution is 2.38. The highest BCUT2D eigenvalue weighted by molar-refractivity contribution is 5.74. The topological polar surface area (TPSA) is 33.0 Å². The molecule has 5 aromatic rings. The fourth-order valence-electron chi connectivity index (χ4n) is 5.03. The van der Waals surface area contributed by atoms with Gasteiger partial charge in [0.1, 0.15) is 28.8 Å². The van der Waals surface area contributed by atoms with Gasteiger partial charge in [0.15, 0.2) is 0 Å². The Balaban J connectivity index is 1.33. The first kappa shape index (κ1) is 30.5. The average Bonchev–Trinajstić information content (AvgIpc) is 3.01. The van der Waals surface area contributed by atoms with E-state index in [9.17, 15) is 17.6 Å². The van der Waals surface area contributed by atoms with Crippen molar-refractivity contribution in [2.75, 3.05) is 0 Å². The van der Waals surface area contributed by atoms with E-state index >= 15 is 4.39 Å². The first-order chi connectivity index (χ1) is 21.2. The van der Waals surface area contributed by atoms with Crippen LogP contribution in [0.1, 0.15) is 42.9 Å². The number of aryl methyl sites for hydroxylation is 1. The number of unbranched alkanes of at least 4 members (excludes halogenated alkanes) is 2. The number of rotatable bonds is 10. The molecule has 0 N–H and O–H groups in total. The van der Waals surface area contributed by atoms with Gasteiger partial charge in [0.25, 0.3) is 0 Å².